The summed E-state index contributed by atoms with van der Waals surface area (Å²) in [5.74, 6) is 2.19. The lowest BCUT2D eigenvalue weighted by Crippen LogP contribution is -2.31. The number of nitrogens with one attached hydrogen (secondary N) is 2. The zero-order valence-corrected chi connectivity index (χ0v) is 15.1. The van der Waals surface area contributed by atoms with E-state index >= 15 is 0 Å². The van der Waals surface area contributed by atoms with Crippen LogP contribution in [0.3, 0.4) is 0 Å². The molecule has 134 valence electrons. The van der Waals surface area contributed by atoms with Gasteiger partial charge in [0.2, 0.25) is 0 Å². The molecule has 1 fully saturated rings. The summed E-state index contributed by atoms with van der Waals surface area (Å²) in [5, 5.41) is 6.62. The minimum atomic E-state index is 0.329. The van der Waals surface area contributed by atoms with E-state index < -0.39 is 0 Å². The summed E-state index contributed by atoms with van der Waals surface area (Å²) in [7, 11) is 5.02. The summed E-state index contributed by atoms with van der Waals surface area (Å²) in [6, 6.07) is 5.74. The largest absolute Gasteiger partial charge is 0.493 e. The number of hydrogen-bond acceptors (Lipinski definition) is 4. The summed E-state index contributed by atoms with van der Waals surface area (Å²) in [5.41, 5.74) is 1.24. The Bertz CT molecular complexity index is 556. The highest BCUT2D eigenvalue weighted by Gasteiger charge is 2.41. The maximum Gasteiger partial charge on any atom is 0.195 e. The molecule has 1 aliphatic rings. The third-order valence-corrected chi connectivity index (χ3v) is 4.36. The maximum atomic E-state index is 5.35. The number of hydrogen-bond donors (Lipinski definition) is 2. The number of methoxy groups -OCH3 is 3. The Morgan fingerprint density at radius 1 is 1.17 bits per heavy atom. The van der Waals surface area contributed by atoms with Gasteiger partial charge in [-0.3, -0.25) is 4.99 Å². The highest BCUT2D eigenvalue weighted by molar-refractivity contribution is 5.94. The fourth-order valence-electron chi connectivity index (χ4n) is 2.59. The molecule has 1 aromatic carbocycles. The van der Waals surface area contributed by atoms with Gasteiger partial charge in [-0.2, -0.15) is 0 Å². The summed E-state index contributed by atoms with van der Waals surface area (Å²) >= 11 is 0. The Hall–Kier alpha value is -1.95. The molecule has 1 saturated carbocycles. The van der Waals surface area contributed by atoms with Crippen LogP contribution in [0.5, 0.6) is 11.5 Å². The van der Waals surface area contributed by atoms with Crippen LogP contribution >= 0.6 is 0 Å². The van der Waals surface area contributed by atoms with Gasteiger partial charge in [-0.25, -0.2) is 0 Å². The van der Waals surface area contributed by atoms with Crippen molar-refractivity contribution >= 4 is 11.6 Å². The fourth-order valence-corrected chi connectivity index (χ4v) is 2.59. The van der Waals surface area contributed by atoms with Gasteiger partial charge in [-0.1, -0.05) is 0 Å². The average Bonchev–Trinajstić information content (AvgIpc) is 3.38. The molecule has 24 heavy (non-hydrogen) atoms. The first-order valence-electron chi connectivity index (χ1n) is 8.42. The Morgan fingerprint density at radius 3 is 2.50 bits per heavy atom. The molecule has 1 aromatic rings. The number of anilines is 1. The topological polar surface area (TPSA) is 64.1 Å². The predicted octanol–water partition coefficient (Wildman–Crippen LogP) is 2.90. The van der Waals surface area contributed by atoms with Gasteiger partial charge in [-0.05, 0) is 43.7 Å². The molecule has 0 aromatic heterocycles. The molecule has 2 N–H and O–H groups in total. The standard InChI is InChI=1S/C18H29N3O3/c1-5-19-17(20-13-18(8-9-18)10-11-22-2)21-14-6-7-15(23-3)16(12-14)24-4/h6-7,12H,5,8-11,13H2,1-4H3,(H2,19,20,21). The third-order valence-electron chi connectivity index (χ3n) is 4.36. The van der Waals surface area contributed by atoms with Crippen LogP contribution in [-0.2, 0) is 4.74 Å². The molecule has 6 heteroatoms. The summed E-state index contributed by atoms with van der Waals surface area (Å²) in [6.45, 7) is 4.49. The zero-order valence-electron chi connectivity index (χ0n) is 15.1. The highest BCUT2D eigenvalue weighted by Crippen LogP contribution is 2.49. The molecular formula is C18H29N3O3. The van der Waals surface area contributed by atoms with Gasteiger partial charge >= 0.3 is 0 Å². The van der Waals surface area contributed by atoms with E-state index in [1.165, 1.54) is 12.8 Å². The first kappa shape index (κ1) is 18.4. The Balaban J connectivity index is 2.04. The van der Waals surface area contributed by atoms with Crippen molar-refractivity contribution in [3.05, 3.63) is 18.2 Å². The molecule has 0 spiro atoms. The SMILES string of the molecule is CCNC(=NCC1(CCOC)CC1)Nc1ccc(OC)c(OC)c1. The van der Waals surface area contributed by atoms with Gasteiger partial charge in [-0.15, -0.1) is 0 Å². The number of nitrogens with zero attached hydrogens (tertiary/aromatic N) is 1. The van der Waals surface area contributed by atoms with E-state index in [1.807, 2.05) is 18.2 Å². The van der Waals surface area contributed by atoms with Crippen molar-refractivity contribution in [2.24, 2.45) is 10.4 Å². The monoisotopic (exact) mass is 335 g/mol. The summed E-state index contributed by atoms with van der Waals surface area (Å²) in [6.07, 6.45) is 3.54. The lowest BCUT2D eigenvalue weighted by Gasteiger charge is -2.16. The Morgan fingerprint density at radius 2 is 1.92 bits per heavy atom. The summed E-state index contributed by atoms with van der Waals surface area (Å²) in [4.78, 5) is 4.76. The van der Waals surface area contributed by atoms with Crippen LogP contribution in [0.4, 0.5) is 5.69 Å². The molecule has 0 heterocycles. The molecule has 0 radical (unpaired) electrons. The van der Waals surface area contributed by atoms with Crippen molar-refractivity contribution < 1.29 is 14.2 Å². The second-order valence-corrected chi connectivity index (χ2v) is 6.13. The van der Waals surface area contributed by atoms with Gasteiger partial charge < -0.3 is 24.8 Å². The van der Waals surface area contributed by atoms with Crippen LogP contribution in [0.15, 0.2) is 23.2 Å². The van der Waals surface area contributed by atoms with Crippen LogP contribution in [0, 0.1) is 5.41 Å². The number of aliphatic imine (C=N–C) groups is 1. The van der Waals surface area contributed by atoms with Crippen molar-refractivity contribution in [1.29, 1.82) is 0 Å². The van der Waals surface area contributed by atoms with E-state index in [-0.39, 0.29) is 0 Å². The number of guanidine groups is 1. The van der Waals surface area contributed by atoms with Crippen molar-refractivity contribution in [2.45, 2.75) is 26.2 Å². The lowest BCUT2D eigenvalue weighted by atomic mass is 10.0. The average molecular weight is 335 g/mol. The Kier molecular flexibility index (Phi) is 6.73. The van der Waals surface area contributed by atoms with Crippen LogP contribution in [0.1, 0.15) is 26.2 Å². The number of rotatable bonds is 9. The maximum absolute atomic E-state index is 5.35. The normalized spacial score (nSPS) is 15.8. The first-order valence-corrected chi connectivity index (χ1v) is 8.42. The number of ether oxygens (including phenoxy) is 3. The minimum absolute atomic E-state index is 0.329. The molecule has 0 aliphatic heterocycles. The molecule has 1 aliphatic carbocycles. The van der Waals surface area contributed by atoms with Crippen molar-refractivity contribution in [2.75, 3.05) is 46.3 Å². The van der Waals surface area contributed by atoms with Crippen LogP contribution < -0.4 is 20.1 Å². The van der Waals surface area contributed by atoms with Crippen molar-refractivity contribution in [1.82, 2.24) is 5.32 Å². The van der Waals surface area contributed by atoms with E-state index in [9.17, 15) is 0 Å². The minimum Gasteiger partial charge on any atom is -0.493 e. The smallest absolute Gasteiger partial charge is 0.195 e. The second-order valence-electron chi connectivity index (χ2n) is 6.13. The van der Waals surface area contributed by atoms with Crippen molar-refractivity contribution in [3.63, 3.8) is 0 Å². The van der Waals surface area contributed by atoms with Gasteiger partial charge in [0, 0.05) is 38.6 Å². The predicted molar refractivity (Wildman–Crippen MR) is 97.3 cm³/mol. The van der Waals surface area contributed by atoms with Gasteiger partial charge in [0.25, 0.3) is 0 Å². The molecule has 0 unspecified atom stereocenters. The van der Waals surface area contributed by atoms with Crippen LogP contribution in [-0.4, -0.2) is 47.0 Å². The Labute approximate surface area is 144 Å². The summed E-state index contributed by atoms with van der Waals surface area (Å²) < 4.78 is 15.8. The quantitative estimate of drug-likeness (QED) is 0.537. The molecule has 0 atom stereocenters. The molecule has 0 bridgehead atoms. The zero-order chi connectivity index (χ0) is 17.4. The van der Waals surface area contributed by atoms with Gasteiger partial charge in [0.15, 0.2) is 17.5 Å². The fraction of sp³-hybridized carbons (Fsp3) is 0.611. The van der Waals surface area contributed by atoms with Crippen LogP contribution in [0.2, 0.25) is 0 Å². The third kappa shape index (κ3) is 5.03. The molecule has 6 nitrogen and oxygen atoms in total. The van der Waals surface area contributed by atoms with Gasteiger partial charge in [0.1, 0.15) is 0 Å². The first-order chi connectivity index (χ1) is 11.7. The van der Waals surface area contributed by atoms with E-state index in [2.05, 4.69) is 17.6 Å². The van der Waals surface area contributed by atoms with E-state index in [1.54, 1.807) is 21.3 Å². The van der Waals surface area contributed by atoms with Crippen molar-refractivity contribution in [3.8, 4) is 11.5 Å². The van der Waals surface area contributed by atoms with Crippen LogP contribution in [0.25, 0.3) is 0 Å². The highest BCUT2D eigenvalue weighted by atomic mass is 16.5. The lowest BCUT2D eigenvalue weighted by molar-refractivity contribution is 0.174. The van der Waals surface area contributed by atoms with E-state index in [4.69, 9.17) is 19.2 Å². The molecule has 2 rings (SSSR count). The molecule has 0 saturated heterocycles. The second kappa shape index (κ2) is 8.78. The molecular weight excluding hydrogens is 306 g/mol. The van der Waals surface area contributed by atoms with Gasteiger partial charge in [0.05, 0.1) is 14.2 Å². The van der Waals surface area contributed by atoms with E-state index in [0.717, 1.165) is 37.8 Å². The molecule has 0 amide bonds. The van der Waals surface area contributed by atoms with E-state index in [0.29, 0.717) is 16.9 Å². The number of benzene rings is 1.